The SMILES string of the molecule is O=C1COc2ccc(C(=O)CCCCN(CCc3cccc(F)c3)C(=O)O)cc2N1. The molecule has 2 N–H and O–H groups in total. The third-order valence-corrected chi connectivity index (χ3v) is 4.85. The number of hydrogen-bond acceptors (Lipinski definition) is 4. The van der Waals surface area contributed by atoms with Gasteiger partial charge < -0.3 is 20.1 Å². The average molecular weight is 414 g/mol. The van der Waals surface area contributed by atoms with Crippen LogP contribution in [0.15, 0.2) is 42.5 Å². The number of rotatable bonds is 9. The molecular formula is C22H23FN2O5. The smallest absolute Gasteiger partial charge is 0.407 e. The number of ketones is 1. The van der Waals surface area contributed by atoms with Gasteiger partial charge in [-0.3, -0.25) is 9.59 Å². The fourth-order valence-electron chi connectivity index (χ4n) is 3.25. The molecule has 158 valence electrons. The Bertz CT molecular complexity index is 947. The van der Waals surface area contributed by atoms with Crippen molar-refractivity contribution in [3.63, 3.8) is 0 Å². The molecule has 1 aliphatic heterocycles. The van der Waals surface area contributed by atoms with Crippen molar-refractivity contribution in [2.45, 2.75) is 25.7 Å². The Kier molecular flexibility index (Phi) is 7.00. The first kappa shape index (κ1) is 21.3. The minimum absolute atomic E-state index is 0.0421. The summed E-state index contributed by atoms with van der Waals surface area (Å²) in [6.07, 6.45) is 0.717. The third-order valence-electron chi connectivity index (χ3n) is 4.85. The number of carbonyl (C=O) groups is 3. The third kappa shape index (κ3) is 5.79. The molecule has 7 nitrogen and oxygen atoms in total. The van der Waals surface area contributed by atoms with Gasteiger partial charge in [0.15, 0.2) is 12.4 Å². The highest BCUT2D eigenvalue weighted by atomic mass is 19.1. The van der Waals surface area contributed by atoms with E-state index in [1.807, 2.05) is 0 Å². The van der Waals surface area contributed by atoms with Crippen molar-refractivity contribution in [2.24, 2.45) is 0 Å². The van der Waals surface area contributed by atoms with Crippen molar-refractivity contribution in [3.05, 3.63) is 59.4 Å². The molecule has 0 bridgehead atoms. The molecule has 0 radical (unpaired) electrons. The molecule has 0 fully saturated rings. The summed E-state index contributed by atoms with van der Waals surface area (Å²) in [4.78, 5) is 36.5. The number of amides is 2. The number of carbonyl (C=O) groups excluding carboxylic acids is 2. The van der Waals surface area contributed by atoms with E-state index in [-0.39, 0.29) is 37.1 Å². The lowest BCUT2D eigenvalue weighted by Crippen LogP contribution is -2.32. The Hall–Kier alpha value is -3.42. The van der Waals surface area contributed by atoms with E-state index < -0.39 is 6.09 Å². The zero-order valence-corrected chi connectivity index (χ0v) is 16.4. The number of unbranched alkanes of at least 4 members (excludes halogenated alkanes) is 1. The second-order valence-corrected chi connectivity index (χ2v) is 7.08. The molecule has 0 atom stereocenters. The quantitative estimate of drug-likeness (QED) is 0.481. The first-order valence-electron chi connectivity index (χ1n) is 9.74. The molecule has 3 rings (SSSR count). The molecule has 0 aliphatic carbocycles. The highest BCUT2D eigenvalue weighted by Gasteiger charge is 2.18. The highest BCUT2D eigenvalue weighted by molar-refractivity contribution is 6.00. The van der Waals surface area contributed by atoms with Crippen molar-refractivity contribution in [3.8, 4) is 5.75 Å². The minimum Gasteiger partial charge on any atom is -0.482 e. The van der Waals surface area contributed by atoms with E-state index in [4.69, 9.17) is 4.74 Å². The van der Waals surface area contributed by atoms with E-state index in [1.165, 1.54) is 17.0 Å². The molecule has 0 spiro atoms. The summed E-state index contributed by atoms with van der Waals surface area (Å²) >= 11 is 0. The van der Waals surface area contributed by atoms with E-state index in [1.54, 1.807) is 30.3 Å². The van der Waals surface area contributed by atoms with Gasteiger partial charge in [-0.05, 0) is 55.2 Å². The standard InChI is InChI=1S/C22H23FN2O5/c23-17-5-3-4-15(12-17)9-11-25(22(28)29)10-2-1-6-19(26)16-7-8-20-18(13-16)24-21(27)14-30-20/h3-5,7-8,12-13H,1-2,6,9-11,14H2,(H,24,27)(H,28,29). The fourth-order valence-corrected chi connectivity index (χ4v) is 3.25. The summed E-state index contributed by atoms with van der Waals surface area (Å²) < 4.78 is 18.5. The van der Waals surface area contributed by atoms with Gasteiger partial charge in [0.1, 0.15) is 11.6 Å². The van der Waals surface area contributed by atoms with Crippen LogP contribution >= 0.6 is 0 Å². The van der Waals surface area contributed by atoms with Crippen LogP contribution in [0.5, 0.6) is 5.75 Å². The van der Waals surface area contributed by atoms with Crippen molar-refractivity contribution in [1.82, 2.24) is 4.90 Å². The zero-order chi connectivity index (χ0) is 21.5. The van der Waals surface area contributed by atoms with Crippen molar-refractivity contribution in [2.75, 3.05) is 25.0 Å². The second-order valence-electron chi connectivity index (χ2n) is 7.08. The van der Waals surface area contributed by atoms with Gasteiger partial charge in [-0.15, -0.1) is 0 Å². The Morgan fingerprint density at radius 1 is 1.13 bits per heavy atom. The minimum atomic E-state index is -1.04. The maximum Gasteiger partial charge on any atom is 0.407 e. The lowest BCUT2D eigenvalue weighted by atomic mass is 10.0. The molecule has 2 amide bonds. The van der Waals surface area contributed by atoms with E-state index in [9.17, 15) is 23.9 Å². The largest absolute Gasteiger partial charge is 0.482 e. The van der Waals surface area contributed by atoms with Crippen LogP contribution in [-0.2, 0) is 11.2 Å². The van der Waals surface area contributed by atoms with Gasteiger partial charge in [-0.2, -0.15) is 0 Å². The van der Waals surface area contributed by atoms with Gasteiger partial charge in [-0.25, -0.2) is 9.18 Å². The summed E-state index contributed by atoms with van der Waals surface area (Å²) in [5.74, 6) is -0.166. The van der Waals surface area contributed by atoms with E-state index in [0.29, 0.717) is 42.8 Å². The zero-order valence-electron chi connectivity index (χ0n) is 16.4. The molecule has 0 saturated carbocycles. The number of carboxylic acid groups (broad SMARTS) is 1. The van der Waals surface area contributed by atoms with Gasteiger partial charge >= 0.3 is 6.09 Å². The predicted molar refractivity (Wildman–Crippen MR) is 108 cm³/mol. The van der Waals surface area contributed by atoms with Crippen LogP contribution in [-0.4, -0.2) is 47.5 Å². The van der Waals surface area contributed by atoms with Crippen LogP contribution in [0.2, 0.25) is 0 Å². The molecule has 1 aliphatic rings. The molecule has 0 saturated heterocycles. The molecular weight excluding hydrogens is 391 g/mol. The van der Waals surface area contributed by atoms with Gasteiger partial charge in [0.05, 0.1) is 5.69 Å². The van der Waals surface area contributed by atoms with E-state index in [0.717, 1.165) is 5.56 Å². The summed E-state index contributed by atoms with van der Waals surface area (Å²) in [5.41, 5.74) is 1.69. The van der Waals surface area contributed by atoms with Crippen molar-refractivity contribution < 1.29 is 28.6 Å². The van der Waals surface area contributed by atoms with E-state index >= 15 is 0 Å². The molecule has 30 heavy (non-hydrogen) atoms. The van der Waals surface area contributed by atoms with Crippen LogP contribution in [0.3, 0.4) is 0 Å². The monoisotopic (exact) mass is 414 g/mol. The number of nitrogens with zero attached hydrogens (tertiary/aromatic N) is 1. The highest BCUT2D eigenvalue weighted by Crippen LogP contribution is 2.29. The first-order chi connectivity index (χ1) is 14.4. The summed E-state index contributed by atoms with van der Waals surface area (Å²) in [5, 5.41) is 12.0. The number of hydrogen-bond donors (Lipinski definition) is 2. The van der Waals surface area contributed by atoms with Crippen LogP contribution < -0.4 is 10.1 Å². The second kappa shape index (κ2) is 9.87. The number of nitrogens with one attached hydrogen (secondary N) is 1. The number of anilines is 1. The first-order valence-corrected chi connectivity index (χ1v) is 9.74. The lowest BCUT2D eigenvalue weighted by Gasteiger charge is -2.19. The number of benzene rings is 2. The number of fused-ring (bicyclic) bond motifs is 1. The normalized spacial score (nSPS) is 12.5. The van der Waals surface area contributed by atoms with Crippen LogP contribution in [0.25, 0.3) is 0 Å². The predicted octanol–water partition coefficient (Wildman–Crippen LogP) is 3.73. The van der Waals surface area contributed by atoms with Crippen molar-refractivity contribution >= 4 is 23.5 Å². The van der Waals surface area contributed by atoms with Crippen molar-refractivity contribution in [1.29, 1.82) is 0 Å². The van der Waals surface area contributed by atoms with Gasteiger partial charge in [0.25, 0.3) is 5.91 Å². The maximum atomic E-state index is 13.2. The number of halogens is 1. The summed E-state index contributed by atoms with van der Waals surface area (Å²) in [6.45, 7) is 0.517. The fraction of sp³-hybridized carbons (Fsp3) is 0.318. The van der Waals surface area contributed by atoms with Gasteiger partial charge in [0, 0.05) is 25.1 Å². The molecule has 0 unspecified atom stereocenters. The summed E-state index contributed by atoms with van der Waals surface area (Å²) in [6, 6.07) is 11.0. The Morgan fingerprint density at radius 3 is 2.73 bits per heavy atom. The van der Waals surface area contributed by atoms with E-state index in [2.05, 4.69) is 5.32 Å². The number of ether oxygens (including phenoxy) is 1. The van der Waals surface area contributed by atoms with Crippen LogP contribution in [0.4, 0.5) is 14.9 Å². The topological polar surface area (TPSA) is 95.9 Å². The summed E-state index contributed by atoms with van der Waals surface area (Å²) in [7, 11) is 0. The molecule has 0 aromatic heterocycles. The lowest BCUT2D eigenvalue weighted by molar-refractivity contribution is -0.118. The molecule has 2 aromatic carbocycles. The molecule has 2 aromatic rings. The van der Waals surface area contributed by atoms with Crippen LogP contribution in [0, 0.1) is 5.82 Å². The average Bonchev–Trinajstić information content (AvgIpc) is 2.72. The molecule has 1 heterocycles. The Balaban J connectivity index is 1.45. The Labute approximate surface area is 173 Å². The maximum absolute atomic E-state index is 13.2. The van der Waals surface area contributed by atoms with Crippen LogP contribution in [0.1, 0.15) is 35.2 Å². The Morgan fingerprint density at radius 2 is 1.97 bits per heavy atom. The number of Topliss-reactive ketones (excluding diaryl/α,β-unsaturated/α-hetero) is 1. The molecule has 8 heteroatoms. The van der Waals surface area contributed by atoms with Gasteiger partial charge in [-0.1, -0.05) is 12.1 Å². The van der Waals surface area contributed by atoms with Gasteiger partial charge in [0.2, 0.25) is 0 Å².